The molecule has 0 rings (SSSR count). The Morgan fingerprint density at radius 3 is 1.86 bits per heavy atom. The van der Waals surface area contributed by atoms with E-state index in [2.05, 4.69) is 20.9 Å². The smallest absolute Gasteiger partial charge is 0.326 e. The second-order valence-electron chi connectivity index (χ2n) is 8.12. The second-order valence-corrected chi connectivity index (χ2v) is 9.11. The molecule has 35 heavy (non-hydrogen) atoms. The van der Waals surface area contributed by atoms with Crippen LogP contribution in [0.1, 0.15) is 39.5 Å². The Labute approximate surface area is 208 Å². The molecular formula is C20H37N7O7S. The minimum Gasteiger partial charge on any atom is -0.481 e. The number of aliphatic imine (C=N–C) groups is 1. The normalized spacial score (nSPS) is 14.2. The lowest BCUT2D eigenvalue weighted by Gasteiger charge is -2.25. The highest BCUT2D eigenvalue weighted by Gasteiger charge is 2.31. The Morgan fingerprint density at radius 1 is 0.886 bits per heavy atom. The number of aliphatic carboxylic acids is 2. The van der Waals surface area contributed by atoms with Gasteiger partial charge in [0.1, 0.15) is 18.1 Å². The summed E-state index contributed by atoms with van der Waals surface area (Å²) in [5.74, 6) is -4.87. The van der Waals surface area contributed by atoms with E-state index < -0.39 is 60.2 Å². The molecule has 0 aromatic heterocycles. The van der Waals surface area contributed by atoms with Gasteiger partial charge in [0.2, 0.25) is 17.7 Å². The quantitative estimate of drug-likeness (QED) is 0.0580. The zero-order chi connectivity index (χ0) is 27.1. The number of nitrogens with one attached hydrogen (secondary N) is 3. The van der Waals surface area contributed by atoms with Crippen molar-refractivity contribution in [3.63, 3.8) is 0 Å². The Hall–Kier alpha value is -3.07. The molecule has 3 amide bonds. The zero-order valence-electron chi connectivity index (χ0n) is 20.2. The molecule has 14 nitrogen and oxygen atoms in total. The molecular weight excluding hydrogens is 482 g/mol. The third-order valence-corrected chi connectivity index (χ3v) is 5.48. The zero-order valence-corrected chi connectivity index (χ0v) is 21.0. The van der Waals surface area contributed by atoms with E-state index in [0.29, 0.717) is 5.75 Å². The lowest BCUT2D eigenvalue weighted by atomic mass is 10.0. The fraction of sp³-hybridized carbons (Fsp3) is 0.700. The van der Waals surface area contributed by atoms with Crippen LogP contribution in [0.5, 0.6) is 0 Å². The Kier molecular flexibility index (Phi) is 15.1. The van der Waals surface area contributed by atoms with Crippen LogP contribution in [0, 0.1) is 5.92 Å². The summed E-state index contributed by atoms with van der Waals surface area (Å²) in [5.41, 5.74) is 16.4. The van der Waals surface area contributed by atoms with E-state index in [1.165, 1.54) is 11.8 Å². The molecule has 0 radical (unpaired) electrons. The third-order valence-electron chi connectivity index (χ3n) is 4.84. The topological polar surface area (TPSA) is 252 Å². The Morgan fingerprint density at radius 2 is 1.40 bits per heavy atom. The van der Waals surface area contributed by atoms with Crippen LogP contribution in [0.25, 0.3) is 0 Å². The molecule has 0 saturated heterocycles. The van der Waals surface area contributed by atoms with Crippen LogP contribution < -0.4 is 33.2 Å². The summed E-state index contributed by atoms with van der Waals surface area (Å²) >= 11 is 1.45. The van der Waals surface area contributed by atoms with Gasteiger partial charge in [0.25, 0.3) is 0 Å². The molecule has 0 aliphatic rings. The van der Waals surface area contributed by atoms with Crippen LogP contribution in [-0.2, 0) is 24.0 Å². The monoisotopic (exact) mass is 519 g/mol. The van der Waals surface area contributed by atoms with Crippen molar-refractivity contribution in [2.24, 2.45) is 28.1 Å². The molecule has 0 saturated carbocycles. The number of nitrogens with two attached hydrogens (primary N) is 3. The van der Waals surface area contributed by atoms with Crippen LogP contribution >= 0.6 is 11.8 Å². The van der Waals surface area contributed by atoms with Gasteiger partial charge in [-0.05, 0) is 37.2 Å². The van der Waals surface area contributed by atoms with Gasteiger partial charge in [-0.25, -0.2) is 4.79 Å². The maximum atomic E-state index is 13.0. The fourth-order valence-corrected chi connectivity index (χ4v) is 3.24. The van der Waals surface area contributed by atoms with Gasteiger partial charge in [-0.3, -0.25) is 24.2 Å². The van der Waals surface area contributed by atoms with Gasteiger partial charge in [-0.15, -0.1) is 0 Å². The molecule has 0 aromatic carbocycles. The summed E-state index contributed by atoms with van der Waals surface area (Å²) in [5, 5.41) is 25.4. The lowest BCUT2D eigenvalue weighted by Crippen LogP contribution is -2.57. The molecule has 0 aliphatic heterocycles. The highest BCUT2D eigenvalue weighted by atomic mass is 32.2. The standard InChI is InChI=1S/C20H37N7O7S/c1-10(2)15(21)18(32)26-12(6-8-35-3)17(31)25-11(5-4-7-24-20(22)23)16(30)27-13(19(33)34)9-14(28)29/h10-13,15H,4-9,21H2,1-3H3,(H,25,31)(H,26,32)(H,27,30)(H,28,29)(H,33,34)(H4,22,23,24)/t11-,12-,13-,15-/m0/s1. The number of amides is 3. The van der Waals surface area contributed by atoms with Crippen LogP contribution in [0.3, 0.4) is 0 Å². The number of carboxylic acid groups (broad SMARTS) is 2. The maximum Gasteiger partial charge on any atom is 0.326 e. The number of guanidine groups is 1. The molecule has 0 heterocycles. The Balaban J connectivity index is 5.62. The minimum atomic E-state index is -1.70. The third kappa shape index (κ3) is 13.4. The summed E-state index contributed by atoms with van der Waals surface area (Å²) in [7, 11) is 0. The summed E-state index contributed by atoms with van der Waals surface area (Å²) in [4.78, 5) is 64.3. The van der Waals surface area contributed by atoms with Crippen LogP contribution in [0.2, 0.25) is 0 Å². The number of hydrogen-bond donors (Lipinski definition) is 8. The number of nitrogens with zero attached hydrogens (tertiary/aromatic N) is 1. The molecule has 0 bridgehead atoms. The molecule has 0 aromatic rings. The molecule has 0 unspecified atom stereocenters. The van der Waals surface area contributed by atoms with Gasteiger partial charge in [0.15, 0.2) is 5.96 Å². The largest absolute Gasteiger partial charge is 0.481 e. The molecule has 4 atom stereocenters. The molecule has 11 N–H and O–H groups in total. The first-order valence-electron chi connectivity index (χ1n) is 11.0. The summed E-state index contributed by atoms with van der Waals surface area (Å²) in [6.45, 7) is 3.65. The number of carbonyl (C=O) groups excluding carboxylic acids is 3. The van der Waals surface area contributed by atoms with E-state index in [1.54, 1.807) is 13.8 Å². The highest BCUT2D eigenvalue weighted by Crippen LogP contribution is 2.07. The van der Waals surface area contributed by atoms with Crippen LogP contribution in [0.15, 0.2) is 4.99 Å². The van der Waals surface area contributed by atoms with Crippen LogP contribution in [-0.4, -0.2) is 88.6 Å². The number of thioether (sulfide) groups is 1. The average Bonchev–Trinajstić information content (AvgIpc) is 2.76. The van der Waals surface area contributed by atoms with E-state index in [0.717, 1.165) is 0 Å². The van der Waals surface area contributed by atoms with Crippen molar-refractivity contribution < 1.29 is 34.2 Å². The first-order chi connectivity index (χ1) is 16.3. The number of carboxylic acids is 2. The van der Waals surface area contributed by atoms with Crippen LogP contribution in [0.4, 0.5) is 0 Å². The number of rotatable bonds is 17. The number of carbonyl (C=O) groups is 5. The first-order valence-corrected chi connectivity index (χ1v) is 12.3. The summed E-state index contributed by atoms with van der Waals surface area (Å²) in [6, 6.07) is -4.78. The second kappa shape index (κ2) is 16.5. The van der Waals surface area contributed by atoms with Crippen molar-refractivity contribution in [3.05, 3.63) is 0 Å². The van der Waals surface area contributed by atoms with Crippen molar-refractivity contribution in [3.8, 4) is 0 Å². The Bertz CT molecular complexity index is 775. The van der Waals surface area contributed by atoms with E-state index in [4.69, 9.17) is 22.3 Å². The molecule has 0 aliphatic carbocycles. The van der Waals surface area contributed by atoms with Crippen molar-refractivity contribution >= 4 is 47.4 Å². The lowest BCUT2D eigenvalue weighted by molar-refractivity contribution is -0.147. The predicted octanol–water partition coefficient (Wildman–Crippen LogP) is -2.21. The predicted molar refractivity (Wildman–Crippen MR) is 131 cm³/mol. The van der Waals surface area contributed by atoms with Crippen molar-refractivity contribution in [2.45, 2.75) is 63.7 Å². The molecule has 15 heteroatoms. The highest BCUT2D eigenvalue weighted by molar-refractivity contribution is 7.98. The van der Waals surface area contributed by atoms with Crippen molar-refractivity contribution in [2.75, 3.05) is 18.6 Å². The minimum absolute atomic E-state index is 0.0163. The van der Waals surface area contributed by atoms with Crippen molar-refractivity contribution in [1.29, 1.82) is 0 Å². The van der Waals surface area contributed by atoms with E-state index in [9.17, 15) is 29.1 Å². The molecule has 200 valence electrons. The summed E-state index contributed by atoms with van der Waals surface area (Å²) in [6.07, 6.45) is 1.48. The van der Waals surface area contributed by atoms with E-state index >= 15 is 0 Å². The SMILES string of the molecule is CSCC[C@H](NC(=O)[C@@H](N)C(C)C)C(=O)N[C@@H](CCCN=C(N)N)C(=O)N[C@@H](CC(=O)O)C(=O)O. The maximum absolute atomic E-state index is 13.0. The summed E-state index contributed by atoms with van der Waals surface area (Å²) < 4.78 is 0. The van der Waals surface area contributed by atoms with E-state index in [1.807, 2.05) is 6.26 Å². The molecule has 0 spiro atoms. The van der Waals surface area contributed by atoms with Gasteiger partial charge < -0.3 is 43.4 Å². The van der Waals surface area contributed by atoms with Gasteiger partial charge in [-0.2, -0.15) is 11.8 Å². The van der Waals surface area contributed by atoms with Gasteiger partial charge in [-0.1, -0.05) is 13.8 Å². The van der Waals surface area contributed by atoms with Gasteiger partial charge >= 0.3 is 11.9 Å². The fourth-order valence-electron chi connectivity index (χ4n) is 2.77. The first kappa shape index (κ1) is 31.9. The number of hydrogen-bond acceptors (Lipinski definition) is 8. The average molecular weight is 520 g/mol. The van der Waals surface area contributed by atoms with E-state index in [-0.39, 0.29) is 37.7 Å². The van der Waals surface area contributed by atoms with Gasteiger partial charge in [0.05, 0.1) is 12.5 Å². The molecule has 0 fully saturated rings. The van der Waals surface area contributed by atoms with Gasteiger partial charge in [0, 0.05) is 6.54 Å². The van der Waals surface area contributed by atoms with Crippen molar-refractivity contribution in [1.82, 2.24) is 16.0 Å².